The lowest BCUT2D eigenvalue weighted by Gasteiger charge is -2.10. The van der Waals surface area contributed by atoms with Crippen molar-refractivity contribution < 1.29 is 9.53 Å². The minimum atomic E-state index is -0.489. The number of methoxy groups -OCH3 is 1. The van der Waals surface area contributed by atoms with Crippen LogP contribution >= 0.6 is 31.9 Å². The van der Waals surface area contributed by atoms with Crippen LogP contribution in [-0.2, 0) is 0 Å². The predicted octanol–water partition coefficient (Wildman–Crippen LogP) is 3.16. The van der Waals surface area contributed by atoms with Gasteiger partial charge in [-0.05, 0) is 37.9 Å². The van der Waals surface area contributed by atoms with Gasteiger partial charge in [0.15, 0.2) is 5.43 Å². The lowest BCUT2D eigenvalue weighted by molar-refractivity contribution is 0.102. The monoisotopic (exact) mass is 400 g/mol. The number of aromatic amines is 1. The molecule has 0 fully saturated rings. The standard InChI is InChI=1S/C13H10Br2N2O3/c1-20-12-5-10(8(14)4-9(12)15)17-13(19)7-6-16-3-2-11(7)18/h2-6H,1H3,(H,16,18)(H,17,19). The van der Waals surface area contributed by atoms with Crippen LogP contribution in [0.2, 0.25) is 0 Å². The Balaban J connectivity index is 2.33. The molecule has 2 N–H and O–H groups in total. The van der Waals surface area contributed by atoms with Crippen LogP contribution in [0.5, 0.6) is 5.75 Å². The first-order chi connectivity index (χ1) is 9.52. The third kappa shape index (κ3) is 3.10. The van der Waals surface area contributed by atoms with Gasteiger partial charge in [-0.1, -0.05) is 0 Å². The van der Waals surface area contributed by atoms with E-state index in [1.54, 1.807) is 12.1 Å². The molecular formula is C13H10Br2N2O3. The number of hydrogen-bond donors (Lipinski definition) is 2. The average molecular weight is 402 g/mol. The minimum Gasteiger partial charge on any atom is -0.495 e. The van der Waals surface area contributed by atoms with Gasteiger partial charge in [-0.25, -0.2) is 0 Å². The number of carbonyl (C=O) groups excluding carboxylic acids is 1. The number of H-pyrrole nitrogens is 1. The molecule has 1 amide bonds. The third-order valence-electron chi connectivity index (χ3n) is 2.56. The van der Waals surface area contributed by atoms with Crippen LogP contribution in [-0.4, -0.2) is 18.0 Å². The topological polar surface area (TPSA) is 71.2 Å². The summed E-state index contributed by atoms with van der Waals surface area (Å²) in [5.74, 6) is 0.0856. The molecule has 1 aromatic carbocycles. The average Bonchev–Trinajstić information content (AvgIpc) is 2.42. The van der Waals surface area contributed by atoms with Gasteiger partial charge in [0.25, 0.3) is 5.91 Å². The van der Waals surface area contributed by atoms with Crippen LogP contribution in [0.25, 0.3) is 0 Å². The van der Waals surface area contributed by atoms with Crippen LogP contribution in [0.3, 0.4) is 0 Å². The van der Waals surface area contributed by atoms with Crippen LogP contribution in [0.4, 0.5) is 5.69 Å². The fourth-order valence-corrected chi connectivity index (χ4v) is 2.82. The van der Waals surface area contributed by atoms with Gasteiger partial charge in [0.1, 0.15) is 11.3 Å². The van der Waals surface area contributed by atoms with E-state index in [9.17, 15) is 9.59 Å². The fourth-order valence-electron chi connectivity index (χ4n) is 1.56. The molecule has 0 aliphatic carbocycles. The number of nitrogens with one attached hydrogen (secondary N) is 2. The summed E-state index contributed by atoms with van der Waals surface area (Å²) in [4.78, 5) is 26.4. The maximum Gasteiger partial charge on any atom is 0.261 e. The van der Waals surface area contributed by atoms with E-state index in [0.717, 1.165) is 4.47 Å². The van der Waals surface area contributed by atoms with Crippen molar-refractivity contribution in [2.45, 2.75) is 0 Å². The number of ether oxygens (including phenoxy) is 1. The SMILES string of the molecule is COc1cc(NC(=O)c2c[nH]ccc2=O)c(Br)cc1Br. The molecule has 0 radical (unpaired) electrons. The number of hydrogen-bond acceptors (Lipinski definition) is 3. The zero-order chi connectivity index (χ0) is 14.7. The van der Waals surface area contributed by atoms with Crippen molar-refractivity contribution in [3.05, 3.63) is 55.3 Å². The molecule has 20 heavy (non-hydrogen) atoms. The van der Waals surface area contributed by atoms with Crippen LogP contribution in [0.15, 0.2) is 44.3 Å². The highest BCUT2D eigenvalue weighted by Crippen LogP contribution is 2.34. The molecule has 0 unspecified atom stereocenters. The summed E-state index contributed by atoms with van der Waals surface area (Å²) in [7, 11) is 1.53. The summed E-state index contributed by atoms with van der Waals surface area (Å²) in [5.41, 5.74) is 0.209. The molecule has 0 saturated heterocycles. The highest BCUT2D eigenvalue weighted by Gasteiger charge is 2.13. The van der Waals surface area contributed by atoms with E-state index in [4.69, 9.17) is 4.74 Å². The second kappa shape index (κ2) is 6.23. The Labute approximate surface area is 131 Å². The van der Waals surface area contributed by atoms with E-state index in [2.05, 4.69) is 42.2 Å². The molecule has 0 atom stereocenters. The Hall–Kier alpha value is -1.60. The summed E-state index contributed by atoms with van der Waals surface area (Å²) in [5, 5.41) is 2.66. The van der Waals surface area contributed by atoms with Crippen molar-refractivity contribution in [3.63, 3.8) is 0 Å². The Morgan fingerprint density at radius 3 is 2.70 bits per heavy atom. The molecule has 104 valence electrons. The summed E-state index contributed by atoms with van der Waals surface area (Å²) < 4.78 is 6.59. The van der Waals surface area contributed by atoms with Crippen molar-refractivity contribution in [1.29, 1.82) is 0 Å². The predicted molar refractivity (Wildman–Crippen MR) is 83.4 cm³/mol. The van der Waals surface area contributed by atoms with Gasteiger partial charge in [0.2, 0.25) is 0 Å². The molecule has 1 aromatic heterocycles. The number of amides is 1. The van der Waals surface area contributed by atoms with Crippen molar-refractivity contribution in [2.75, 3.05) is 12.4 Å². The van der Waals surface area contributed by atoms with Crippen LogP contribution in [0.1, 0.15) is 10.4 Å². The maximum absolute atomic E-state index is 12.1. The molecule has 2 rings (SSSR count). The smallest absolute Gasteiger partial charge is 0.261 e. The first-order valence-electron chi connectivity index (χ1n) is 5.54. The maximum atomic E-state index is 12.1. The minimum absolute atomic E-state index is 0.0429. The van der Waals surface area contributed by atoms with Gasteiger partial charge < -0.3 is 15.0 Å². The molecule has 0 spiro atoms. The van der Waals surface area contributed by atoms with E-state index in [1.165, 1.54) is 25.6 Å². The number of anilines is 1. The molecule has 0 aliphatic rings. The zero-order valence-electron chi connectivity index (χ0n) is 10.4. The normalized spacial score (nSPS) is 10.2. The first-order valence-corrected chi connectivity index (χ1v) is 7.13. The lowest BCUT2D eigenvalue weighted by Crippen LogP contribution is -2.21. The van der Waals surface area contributed by atoms with Crippen molar-refractivity contribution in [1.82, 2.24) is 4.98 Å². The van der Waals surface area contributed by atoms with Crippen LogP contribution < -0.4 is 15.5 Å². The number of halogens is 2. The number of pyridine rings is 1. The summed E-state index contributed by atoms with van der Waals surface area (Å²) >= 11 is 6.69. The molecular weight excluding hydrogens is 392 g/mol. The van der Waals surface area contributed by atoms with Gasteiger partial charge >= 0.3 is 0 Å². The van der Waals surface area contributed by atoms with Gasteiger partial charge in [0, 0.05) is 29.0 Å². The van der Waals surface area contributed by atoms with E-state index in [0.29, 0.717) is 15.9 Å². The number of aromatic nitrogens is 1. The molecule has 5 nitrogen and oxygen atoms in total. The number of rotatable bonds is 3. The Kier molecular flexibility index (Phi) is 4.61. The second-order valence-corrected chi connectivity index (χ2v) is 5.55. The second-order valence-electron chi connectivity index (χ2n) is 3.84. The Morgan fingerprint density at radius 1 is 1.30 bits per heavy atom. The highest BCUT2D eigenvalue weighted by atomic mass is 79.9. The number of benzene rings is 1. The van der Waals surface area contributed by atoms with Gasteiger partial charge in [-0.3, -0.25) is 9.59 Å². The number of carbonyl (C=O) groups is 1. The summed E-state index contributed by atoms with van der Waals surface area (Å²) in [6.45, 7) is 0. The Bertz CT molecular complexity index is 713. The Morgan fingerprint density at radius 2 is 2.05 bits per heavy atom. The van der Waals surface area contributed by atoms with Gasteiger partial charge in [-0.15, -0.1) is 0 Å². The largest absolute Gasteiger partial charge is 0.495 e. The van der Waals surface area contributed by atoms with Crippen LogP contribution in [0, 0.1) is 0 Å². The summed E-state index contributed by atoms with van der Waals surface area (Å²) in [6, 6.07) is 4.71. The highest BCUT2D eigenvalue weighted by molar-refractivity contribution is 9.11. The zero-order valence-corrected chi connectivity index (χ0v) is 13.5. The van der Waals surface area contributed by atoms with Crippen molar-refractivity contribution >= 4 is 43.5 Å². The molecule has 0 saturated carbocycles. The first kappa shape index (κ1) is 14.8. The van der Waals surface area contributed by atoms with E-state index in [-0.39, 0.29) is 11.0 Å². The molecule has 0 aliphatic heterocycles. The fraction of sp³-hybridized carbons (Fsp3) is 0.0769. The quantitative estimate of drug-likeness (QED) is 0.829. The van der Waals surface area contributed by atoms with E-state index >= 15 is 0 Å². The molecule has 7 heteroatoms. The van der Waals surface area contributed by atoms with Crippen molar-refractivity contribution in [3.8, 4) is 5.75 Å². The summed E-state index contributed by atoms with van der Waals surface area (Å²) in [6.07, 6.45) is 2.83. The van der Waals surface area contributed by atoms with Crippen molar-refractivity contribution in [2.24, 2.45) is 0 Å². The molecule has 0 bridgehead atoms. The van der Waals surface area contributed by atoms with Gasteiger partial charge in [-0.2, -0.15) is 0 Å². The molecule has 1 heterocycles. The van der Waals surface area contributed by atoms with Gasteiger partial charge in [0.05, 0.1) is 17.3 Å². The molecule has 2 aromatic rings. The van der Waals surface area contributed by atoms with E-state index < -0.39 is 5.91 Å². The van der Waals surface area contributed by atoms with E-state index in [1.807, 2.05) is 0 Å². The third-order valence-corrected chi connectivity index (χ3v) is 3.83. The lowest BCUT2D eigenvalue weighted by atomic mass is 10.2.